The molecule has 0 aromatic heterocycles. The van der Waals surface area contributed by atoms with Gasteiger partial charge in [-0.25, -0.2) is 0 Å². The van der Waals surface area contributed by atoms with Gasteiger partial charge in [0.15, 0.2) is 0 Å². The van der Waals surface area contributed by atoms with E-state index in [9.17, 15) is 31.4 Å². The summed E-state index contributed by atoms with van der Waals surface area (Å²) in [6.07, 6.45) is -8.84. The first kappa shape index (κ1) is 18.8. The van der Waals surface area contributed by atoms with Crippen molar-refractivity contribution in [3.8, 4) is 5.75 Å². The number of alkyl halides is 6. The number of hydrogen-bond donors (Lipinski definition) is 1. The number of phenolic OH excluding ortho intramolecular Hbond substituents is 1. The van der Waals surface area contributed by atoms with E-state index in [0.29, 0.717) is 17.7 Å². The van der Waals surface area contributed by atoms with Gasteiger partial charge in [0, 0.05) is 11.8 Å². The summed E-state index contributed by atoms with van der Waals surface area (Å²) in [4.78, 5) is 3.68. The predicted molar refractivity (Wildman–Crippen MR) is 81.3 cm³/mol. The molecule has 2 aromatic rings. The number of nitrogens with zero attached hydrogens (tertiary/aromatic N) is 1. The standard InChI is InChI=1S/C17H13F6NO/c1-9-3-10(2)15(25)11(4-9)8-24-14-6-12(16(18,19)20)5-13(7-14)17(21,22)23/h3-8,25H,1-2H3. The molecule has 25 heavy (non-hydrogen) atoms. The van der Waals surface area contributed by atoms with Gasteiger partial charge >= 0.3 is 12.4 Å². The van der Waals surface area contributed by atoms with Crippen LogP contribution in [-0.2, 0) is 12.4 Å². The van der Waals surface area contributed by atoms with E-state index in [2.05, 4.69) is 4.99 Å². The van der Waals surface area contributed by atoms with Crippen LogP contribution in [0.5, 0.6) is 5.75 Å². The number of aliphatic imine (C=N–C) groups is 1. The van der Waals surface area contributed by atoms with Crippen LogP contribution < -0.4 is 0 Å². The maximum atomic E-state index is 12.8. The number of aromatic hydroxyl groups is 1. The zero-order valence-electron chi connectivity index (χ0n) is 13.1. The van der Waals surface area contributed by atoms with Crippen molar-refractivity contribution in [3.05, 3.63) is 58.1 Å². The largest absolute Gasteiger partial charge is 0.507 e. The van der Waals surface area contributed by atoms with E-state index >= 15 is 0 Å². The Hall–Kier alpha value is -2.51. The molecule has 0 heterocycles. The van der Waals surface area contributed by atoms with Gasteiger partial charge in [0.25, 0.3) is 0 Å². The van der Waals surface area contributed by atoms with Crippen LogP contribution in [0.15, 0.2) is 35.3 Å². The summed E-state index contributed by atoms with van der Waals surface area (Å²) in [5.74, 6) is -0.141. The van der Waals surface area contributed by atoms with Crippen LogP contribution in [0.3, 0.4) is 0 Å². The highest BCUT2D eigenvalue weighted by atomic mass is 19.4. The summed E-state index contributed by atoms with van der Waals surface area (Å²) >= 11 is 0. The third-order valence-corrected chi connectivity index (χ3v) is 3.40. The summed E-state index contributed by atoms with van der Waals surface area (Å²) in [7, 11) is 0. The topological polar surface area (TPSA) is 32.6 Å². The van der Waals surface area contributed by atoms with Gasteiger partial charge in [0.05, 0.1) is 16.8 Å². The van der Waals surface area contributed by atoms with Crippen LogP contribution in [0, 0.1) is 13.8 Å². The summed E-state index contributed by atoms with van der Waals surface area (Å²) in [5, 5.41) is 9.92. The molecule has 0 amide bonds. The van der Waals surface area contributed by atoms with Gasteiger partial charge in [0.1, 0.15) is 5.75 Å². The molecule has 0 saturated heterocycles. The average Bonchev–Trinajstić information content (AvgIpc) is 2.47. The number of aryl methyl sites for hydroxylation is 2. The van der Waals surface area contributed by atoms with Gasteiger partial charge in [-0.3, -0.25) is 4.99 Å². The minimum absolute atomic E-state index is 0.0350. The van der Waals surface area contributed by atoms with Crippen molar-refractivity contribution in [1.82, 2.24) is 0 Å². The molecule has 0 fully saturated rings. The second kappa shape index (κ2) is 6.42. The Morgan fingerprint density at radius 3 is 1.84 bits per heavy atom. The van der Waals surface area contributed by atoms with Crippen LogP contribution in [0.1, 0.15) is 27.8 Å². The SMILES string of the molecule is Cc1cc(C)c(O)c(C=Nc2cc(C(F)(F)F)cc(C(F)(F)F)c2)c1. The van der Waals surface area contributed by atoms with Crippen molar-refractivity contribution >= 4 is 11.9 Å². The van der Waals surface area contributed by atoms with E-state index in [4.69, 9.17) is 0 Å². The van der Waals surface area contributed by atoms with Crippen molar-refractivity contribution in [1.29, 1.82) is 0 Å². The van der Waals surface area contributed by atoms with Crippen molar-refractivity contribution in [2.24, 2.45) is 4.99 Å². The van der Waals surface area contributed by atoms with Crippen LogP contribution >= 0.6 is 0 Å². The molecule has 2 aromatic carbocycles. The molecule has 1 N–H and O–H groups in total. The Morgan fingerprint density at radius 2 is 1.36 bits per heavy atom. The maximum absolute atomic E-state index is 12.8. The smallest absolute Gasteiger partial charge is 0.416 e. The second-order valence-electron chi connectivity index (χ2n) is 5.54. The summed E-state index contributed by atoms with van der Waals surface area (Å²) in [6, 6.07) is 4.27. The molecule has 0 aliphatic rings. The van der Waals surface area contributed by atoms with Gasteiger partial charge in [-0.05, 0) is 49.2 Å². The fourth-order valence-corrected chi connectivity index (χ4v) is 2.25. The van der Waals surface area contributed by atoms with E-state index in [-0.39, 0.29) is 17.4 Å². The molecule has 0 aliphatic carbocycles. The van der Waals surface area contributed by atoms with Crippen LogP contribution in [0.25, 0.3) is 0 Å². The minimum atomic E-state index is -4.94. The van der Waals surface area contributed by atoms with Gasteiger partial charge in [-0.2, -0.15) is 26.3 Å². The van der Waals surface area contributed by atoms with E-state index in [1.807, 2.05) is 0 Å². The monoisotopic (exact) mass is 361 g/mol. The Bertz CT molecular complexity index is 789. The molecule has 2 rings (SSSR count). The molecule has 0 spiro atoms. The Labute approximate surface area is 139 Å². The van der Waals surface area contributed by atoms with Crippen LogP contribution in [-0.4, -0.2) is 11.3 Å². The van der Waals surface area contributed by atoms with E-state index in [1.54, 1.807) is 19.9 Å². The van der Waals surface area contributed by atoms with E-state index < -0.39 is 29.2 Å². The third-order valence-electron chi connectivity index (χ3n) is 3.40. The first-order valence-corrected chi connectivity index (χ1v) is 7.01. The van der Waals surface area contributed by atoms with Gasteiger partial charge < -0.3 is 5.11 Å². The minimum Gasteiger partial charge on any atom is -0.507 e. The zero-order chi connectivity index (χ0) is 19.0. The molecule has 0 unspecified atom stereocenters. The van der Waals surface area contributed by atoms with Crippen LogP contribution in [0.4, 0.5) is 32.0 Å². The molecule has 2 nitrogen and oxygen atoms in total. The lowest BCUT2D eigenvalue weighted by molar-refractivity contribution is -0.143. The second-order valence-corrected chi connectivity index (χ2v) is 5.54. The summed E-state index contributed by atoms with van der Waals surface area (Å²) < 4.78 is 76.9. The lowest BCUT2D eigenvalue weighted by Gasteiger charge is -2.12. The third kappa shape index (κ3) is 4.52. The normalized spacial score (nSPS) is 12.8. The fourth-order valence-electron chi connectivity index (χ4n) is 2.25. The fraction of sp³-hybridized carbons (Fsp3) is 0.235. The molecular weight excluding hydrogens is 348 g/mol. The molecule has 0 aliphatic heterocycles. The van der Waals surface area contributed by atoms with Crippen molar-refractivity contribution in [2.75, 3.05) is 0 Å². The average molecular weight is 361 g/mol. The highest BCUT2D eigenvalue weighted by molar-refractivity contribution is 5.86. The molecule has 0 atom stereocenters. The van der Waals surface area contributed by atoms with E-state index in [0.717, 1.165) is 11.8 Å². The molecule has 8 heteroatoms. The number of benzene rings is 2. The van der Waals surface area contributed by atoms with Gasteiger partial charge in [0.2, 0.25) is 0 Å². The first-order chi connectivity index (χ1) is 11.4. The molecular formula is C17H13F6NO. The lowest BCUT2D eigenvalue weighted by Crippen LogP contribution is -2.10. The lowest BCUT2D eigenvalue weighted by atomic mass is 10.1. The number of hydrogen-bond acceptors (Lipinski definition) is 2. The maximum Gasteiger partial charge on any atom is 0.416 e. The number of halogens is 6. The van der Waals surface area contributed by atoms with Crippen LogP contribution in [0.2, 0.25) is 0 Å². The summed E-state index contributed by atoms with van der Waals surface area (Å²) in [5.41, 5.74) is -1.93. The number of phenols is 1. The molecule has 0 saturated carbocycles. The first-order valence-electron chi connectivity index (χ1n) is 7.01. The van der Waals surface area contributed by atoms with Crippen molar-refractivity contribution in [2.45, 2.75) is 26.2 Å². The highest BCUT2D eigenvalue weighted by Crippen LogP contribution is 2.38. The molecule has 134 valence electrons. The van der Waals surface area contributed by atoms with Crippen molar-refractivity contribution < 1.29 is 31.4 Å². The molecule has 0 bridgehead atoms. The molecule has 0 radical (unpaired) electrons. The Balaban J connectivity index is 2.52. The highest BCUT2D eigenvalue weighted by Gasteiger charge is 2.36. The summed E-state index contributed by atoms with van der Waals surface area (Å²) in [6.45, 7) is 3.35. The van der Waals surface area contributed by atoms with Crippen molar-refractivity contribution in [3.63, 3.8) is 0 Å². The van der Waals surface area contributed by atoms with Gasteiger partial charge in [-0.15, -0.1) is 0 Å². The predicted octanol–water partition coefficient (Wildman–Crippen LogP) is 5.80. The Kier molecular flexibility index (Phi) is 4.83. The number of rotatable bonds is 2. The quantitative estimate of drug-likeness (QED) is 0.532. The Morgan fingerprint density at radius 1 is 0.840 bits per heavy atom. The van der Waals surface area contributed by atoms with Gasteiger partial charge in [-0.1, -0.05) is 6.07 Å². The van der Waals surface area contributed by atoms with E-state index in [1.165, 1.54) is 6.07 Å². The zero-order valence-corrected chi connectivity index (χ0v) is 13.1.